The zero-order chi connectivity index (χ0) is 13.8. The van der Waals surface area contributed by atoms with E-state index in [1.807, 2.05) is 0 Å². The summed E-state index contributed by atoms with van der Waals surface area (Å²) in [5.74, 6) is 0.551. The summed E-state index contributed by atoms with van der Waals surface area (Å²) in [4.78, 5) is 14.7. The predicted molar refractivity (Wildman–Crippen MR) is 78.7 cm³/mol. The Morgan fingerprint density at radius 3 is 2.40 bits per heavy atom. The zero-order valence-electron chi connectivity index (χ0n) is 12.5. The summed E-state index contributed by atoms with van der Waals surface area (Å²) in [5.41, 5.74) is 0. The van der Waals surface area contributed by atoms with Crippen LogP contribution in [-0.2, 0) is 4.74 Å². The molecule has 0 aromatic carbocycles. The fourth-order valence-electron chi connectivity index (χ4n) is 3.47. The number of nitrogens with one attached hydrogen (secondary N) is 1. The van der Waals surface area contributed by atoms with Gasteiger partial charge in [-0.3, -0.25) is 0 Å². The van der Waals surface area contributed by atoms with Gasteiger partial charge in [-0.05, 0) is 32.1 Å². The molecule has 2 saturated carbocycles. The third kappa shape index (κ3) is 3.87. The van der Waals surface area contributed by atoms with Crippen LogP contribution in [0.4, 0.5) is 4.79 Å². The van der Waals surface area contributed by atoms with E-state index < -0.39 is 0 Å². The molecule has 0 unspecified atom stereocenters. The van der Waals surface area contributed by atoms with Crippen LogP contribution in [0.5, 0.6) is 0 Å². The van der Waals surface area contributed by atoms with Crippen LogP contribution in [0, 0.1) is 5.92 Å². The summed E-state index contributed by atoms with van der Waals surface area (Å²) in [6, 6.07) is 1.10. The van der Waals surface area contributed by atoms with E-state index >= 15 is 0 Å². The smallest absolute Gasteiger partial charge is 0.317 e. The van der Waals surface area contributed by atoms with Crippen LogP contribution in [0.3, 0.4) is 0 Å². The summed E-state index contributed by atoms with van der Waals surface area (Å²) in [6.45, 7) is 2.59. The van der Waals surface area contributed by atoms with Gasteiger partial charge in [0.05, 0.1) is 6.61 Å². The first kappa shape index (κ1) is 14.2. The number of rotatable bonds is 4. The van der Waals surface area contributed by atoms with Gasteiger partial charge in [-0.25, -0.2) is 4.79 Å². The van der Waals surface area contributed by atoms with Gasteiger partial charge in [-0.2, -0.15) is 0 Å². The van der Waals surface area contributed by atoms with Crippen molar-refractivity contribution < 1.29 is 9.53 Å². The van der Waals surface area contributed by atoms with Gasteiger partial charge in [0, 0.05) is 31.2 Å². The van der Waals surface area contributed by atoms with Gasteiger partial charge in [0.25, 0.3) is 0 Å². The van der Waals surface area contributed by atoms with Crippen molar-refractivity contribution in [3.63, 3.8) is 0 Å². The van der Waals surface area contributed by atoms with Crippen molar-refractivity contribution in [2.24, 2.45) is 5.92 Å². The van der Waals surface area contributed by atoms with E-state index in [2.05, 4.69) is 10.2 Å². The Hall–Kier alpha value is -0.770. The van der Waals surface area contributed by atoms with E-state index in [4.69, 9.17) is 4.74 Å². The highest BCUT2D eigenvalue weighted by Gasteiger charge is 2.35. The first-order chi connectivity index (χ1) is 9.83. The van der Waals surface area contributed by atoms with Crippen molar-refractivity contribution in [3.8, 4) is 0 Å². The maximum absolute atomic E-state index is 12.6. The molecule has 0 bridgehead atoms. The molecule has 1 N–H and O–H groups in total. The Kier molecular flexibility index (Phi) is 4.81. The maximum Gasteiger partial charge on any atom is 0.317 e. The molecule has 2 amide bonds. The topological polar surface area (TPSA) is 41.6 Å². The lowest BCUT2D eigenvalue weighted by Gasteiger charge is -2.28. The molecule has 20 heavy (non-hydrogen) atoms. The first-order valence-corrected chi connectivity index (χ1v) is 8.48. The Morgan fingerprint density at radius 2 is 1.80 bits per heavy atom. The van der Waals surface area contributed by atoms with Gasteiger partial charge in [-0.15, -0.1) is 0 Å². The second-order valence-corrected chi connectivity index (χ2v) is 6.75. The molecule has 4 nitrogen and oxygen atoms in total. The molecule has 114 valence electrons. The first-order valence-electron chi connectivity index (χ1n) is 8.48. The van der Waals surface area contributed by atoms with Crippen molar-refractivity contribution in [1.82, 2.24) is 10.2 Å². The fourth-order valence-corrected chi connectivity index (χ4v) is 3.47. The number of ether oxygens (including phenoxy) is 1. The van der Waals surface area contributed by atoms with Crippen LogP contribution in [0.15, 0.2) is 0 Å². The van der Waals surface area contributed by atoms with E-state index in [9.17, 15) is 4.79 Å². The number of urea groups is 1. The summed E-state index contributed by atoms with van der Waals surface area (Å²) >= 11 is 0. The third-order valence-electron chi connectivity index (χ3n) is 4.91. The Labute approximate surface area is 122 Å². The summed E-state index contributed by atoms with van der Waals surface area (Å²) in [5, 5.41) is 3.30. The minimum absolute atomic E-state index is 0.186. The number of hydrogen-bond donors (Lipinski definition) is 1. The fraction of sp³-hybridized carbons (Fsp3) is 0.938. The lowest BCUT2D eigenvalue weighted by molar-refractivity contribution is 0.160. The van der Waals surface area contributed by atoms with Crippen LogP contribution in [0.2, 0.25) is 0 Å². The molecule has 3 fully saturated rings. The molecule has 1 heterocycles. The molecule has 3 rings (SSSR count). The largest absolute Gasteiger partial charge is 0.381 e. The van der Waals surface area contributed by atoms with Crippen molar-refractivity contribution in [2.75, 3.05) is 19.8 Å². The van der Waals surface area contributed by atoms with E-state index in [0.29, 0.717) is 18.0 Å². The highest BCUT2D eigenvalue weighted by atomic mass is 16.5. The van der Waals surface area contributed by atoms with Gasteiger partial charge in [0.15, 0.2) is 0 Å². The number of hydrogen-bond acceptors (Lipinski definition) is 2. The molecular formula is C16H28N2O2. The Balaban J connectivity index is 1.51. The van der Waals surface area contributed by atoms with E-state index in [-0.39, 0.29) is 6.03 Å². The summed E-state index contributed by atoms with van der Waals surface area (Å²) < 4.78 is 5.45. The van der Waals surface area contributed by atoms with E-state index in [0.717, 1.165) is 39.0 Å². The minimum Gasteiger partial charge on any atom is -0.381 e. The standard InChI is InChI=1S/C16H28N2O2/c19-16(17-14-5-3-1-2-4-6-14)18(15-7-8-15)11-13-9-10-20-12-13/h13-15H,1-12H2,(H,17,19)/t13-/m1/s1. The van der Waals surface area contributed by atoms with E-state index in [1.54, 1.807) is 0 Å². The van der Waals surface area contributed by atoms with Gasteiger partial charge < -0.3 is 15.0 Å². The number of amides is 2. The molecule has 2 aliphatic carbocycles. The number of carbonyl (C=O) groups is 1. The SMILES string of the molecule is O=C(NC1CCCCCC1)N(C[C@H]1CCOC1)C1CC1. The maximum atomic E-state index is 12.6. The molecule has 4 heteroatoms. The lowest BCUT2D eigenvalue weighted by atomic mass is 10.1. The molecule has 1 atom stereocenters. The summed E-state index contributed by atoms with van der Waals surface area (Å²) in [7, 11) is 0. The molecule has 3 aliphatic rings. The minimum atomic E-state index is 0.186. The predicted octanol–water partition coefficient (Wildman–Crippen LogP) is 2.92. The Bertz CT molecular complexity index is 316. The van der Waals surface area contributed by atoms with Crippen molar-refractivity contribution >= 4 is 6.03 Å². The van der Waals surface area contributed by atoms with Crippen LogP contribution >= 0.6 is 0 Å². The molecule has 1 saturated heterocycles. The lowest BCUT2D eigenvalue weighted by Crippen LogP contribution is -2.47. The second kappa shape index (κ2) is 6.79. The average molecular weight is 280 g/mol. The zero-order valence-corrected chi connectivity index (χ0v) is 12.5. The third-order valence-corrected chi connectivity index (χ3v) is 4.91. The van der Waals surface area contributed by atoms with Gasteiger partial charge in [-0.1, -0.05) is 25.7 Å². The quantitative estimate of drug-likeness (QED) is 0.805. The molecule has 0 spiro atoms. The monoisotopic (exact) mass is 280 g/mol. The number of carbonyl (C=O) groups excluding carboxylic acids is 1. The van der Waals surface area contributed by atoms with Crippen molar-refractivity contribution in [1.29, 1.82) is 0 Å². The van der Waals surface area contributed by atoms with Crippen LogP contribution in [0.25, 0.3) is 0 Å². The molecule has 0 radical (unpaired) electrons. The summed E-state index contributed by atoms with van der Waals surface area (Å²) in [6.07, 6.45) is 11.0. The Morgan fingerprint density at radius 1 is 1.05 bits per heavy atom. The van der Waals surface area contributed by atoms with Gasteiger partial charge in [0.2, 0.25) is 0 Å². The molecule has 0 aromatic heterocycles. The normalized spacial score (nSPS) is 28.1. The van der Waals surface area contributed by atoms with Crippen LogP contribution in [0.1, 0.15) is 57.8 Å². The highest BCUT2D eigenvalue weighted by molar-refractivity contribution is 5.75. The van der Waals surface area contributed by atoms with E-state index in [1.165, 1.54) is 38.5 Å². The van der Waals surface area contributed by atoms with Gasteiger partial charge >= 0.3 is 6.03 Å². The van der Waals surface area contributed by atoms with Crippen molar-refractivity contribution in [3.05, 3.63) is 0 Å². The van der Waals surface area contributed by atoms with Crippen LogP contribution in [-0.4, -0.2) is 42.8 Å². The molecule has 1 aliphatic heterocycles. The highest BCUT2D eigenvalue weighted by Crippen LogP contribution is 2.29. The average Bonchev–Trinajstić information content (AvgIpc) is 3.21. The molecular weight excluding hydrogens is 252 g/mol. The number of nitrogens with zero attached hydrogens (tertiary/aromatic N) is 1. The molecule has 0 aromatic rings. The second-order valence-electron chi connectivity index (χ2n) is 6.75. The van der Waals surface area contributed by atoms with Crippen molar-refractivity contribution in [2.45, 2.75) is 69.9 Å². The van der Waals surface area contributed by atoms with Gasteiger partial charge in [0.1, 0.15) is 0 Å². The van der Waals surface area contributed by atoms with Crippen LogP contribution < -0.4 is 5.32 Å².